The summed E-state index contributed by atoms with van der Waals surface area (Å²) in [5, 5.41) is 11.3. The van der Waals surface area contributed by atoms with E-state index in [1.54, 1.807) is 0 Å². The van der Waals surface area contributed by atoms with Gasteiger partial charge in [0.2, 0.25) is 5.91 Å². The van der Waals surface area contributed by atoms with Gasteiger partial charge in [-0.2, -0.15) is 13.2 Å². The van der Waals surface area contributed by atoms with Gasteiger partial charge < -0.3 is 15.2 Å². The maximum absolute atomic E-state index is 13.0. The number of halogens is 3. The van der Waals surface area contributed by atoms with Crippen LogP contribution in [-0.2, 0) is 20.5 Å². The van der Waals surface area contributed by atoms with Gasteiger partial charge in [0.1, 0.15) is 6.04 Å². The van der Waals surface area contributed by atoms with Crippen LogP contribution in [0.25, 0.3) is 0 Å². The molecule has 2 N–H and O–H groups in total. The van der Waals surface area contributed by atoms with Crippen LogP contribution in [0.15, 0.2) is 24.3 Å². The second-order valence-corrected chi connectivity index (χ2v) is 5.43. The van der Waals surface area contributed by atoms with E-state index >= 15 is 0 Å². The predicted octanol–water partition coefficient (Wildman–Crippen LogP) is 2.80. The van der Waals surface area contributed by atoms with Crippen LogP contribution in [-0.4, -0.2) is 36.7 Å². The Labute approximate surface area is 137 Å². The largest absolute Gasteiger partial charge is 0.480 e. The first-order valence-corrected chi connectivity index (χ1v) is 7.34. The molecule has 1 amide bonds. The molecule has 1 rings (SSSR count). The molecule has 2 unspecified atom stereocenters. The second-order valence-electron chi connectivity index (χ2n) is 5.43. The number of nitrogens with one attached hydrogen (secondary N) is 1. The van der Waals surface area contributed by atoms with Gasteiger partial charge in [-0.05, 0) is 17.5 Å². The molecule has 0 aromatic heterocycles. The van der Waals surface area contributed by atoms with Gasteiger partial charge in [-0.25, -0.2) is 4.79 Å². The number of carbonyl (C=O) groups is 2. The summed E-state index contributed by atoms with van der Waals surface area (Å²) in [6.07, 6.45) is -4.68. The molecule has 0 spiro atoms. The Kier molecular flexibility index (Phi) is 7.21. The molecule has 0 aliphatic carbocycles. The molecule has 0 bridgehead atoms. The van der Waals surface area contributed by atoms with E-state index in [1.807, 2.05) is 0 Å². The first-order chi connectivity index (χ1) is 11.2. The predicted molar refractivity (Wildman–Crippen MR) is 80.5 cm³/mol. The normalized spacial score (nSPS) is 14.0. The molecule has 0 aliphatic heterocycles. The number of aliphatic carboxylic acids is 1. The summed E-state index contributed by atoms with van der Waals surface area (Å²) in [6, 6.07) is 3.90. The molecule has 5 nitrogen and oxygen atoms in total. The molecule has 0 radical (unpaired) electrons. The number of ether oxygens (including phenoxy) is 1. The summed E-state index contributed by atoms with van der Waals surface area (Å²) < 4.78 is 43.8. The molecule has 24 heavy (non-hydrogen) atoms. The molecule has 0 saturated carbocycles. The van der Waals surface area contributed by atoms with Crippen LogP contribution < -0.4 is 5.32 Å². The zero-order chi connectivity index (χ0) is 18.3. The Morgan fingerprint density at radius 1 is 1.29 bits per heavy atom. The molecular weight excluding hydrogens is 327 g/mol. The van der Waals surface area contributed by atoms with Crippen LogP contribution in [0, 0.1) is 0 Å². The number of rotatable bonds is 8. The van der Waals surface area contributed by atoms with Gasteiger partial charge in [-0.1, -0.05) is 25.1 Å². The van der Waals surface area contributed by atoms with E-state index in [9.17, 15) is 22.8 Å². The van der Waals surface area contributed by atoms with Crippen molar-refractivity contribution in [2.24, 2.45) is 0 Å². The topological polar surface area (TPSA) is 75.6 Å². The number of amides is 1. The number of methoxy groups -OCH3 is 1. The van der Waals surface area contributed by atoms with Crippen LogP contribution in [0.5, 0.6) is 0 Å². The SMILES string of the molecule is COCCC(NC(=O)CC(C)c1ccccc1C(F)(F)F)C(=O)O. The highest BCUT2D eigenvalue weighted by Gasteiger charge is 2.34. The average Bonchev–Trinajstić information content (AvgIpc) is 2.50. The van der Waals surface area contributed by atoms with Crippen molar-refractivity contribution in [1.82, 2.24) is 5.32 Å². The third-order valence-electron chi connectivity index (χ3n) is 3.53. The minimum atomic E-state index is -4.51. The maximum Gasteiger partial charge on any atom is 0.416 e. The van der Waals surface area contributed by atoms with Crippen molar-refractivity contribution in [3.63, 3.8) is 0 Å². The summed E-state index contributed by atoms with van der Waals surface area (Å²) in [5.41, 5.74) is -0.789. The fraction of sp³-hybridized carbons (Fsp3) is 0.500. The lowest BCUT2D eigenvalue weighted by Crippen LogP contribution is -2.41. The number of benzene rings is 1. The van der Waals surface area contributed by atoms with Crippen molar-refractivity contribution in [2.75, 3.05) is 13.7 Å². The molecule has 134 valence electrons. The Hall–Kier alpha value is -2.09. The lowest BCUT2D eigenvalue weighted by Gasteiger charge is -2.19. The summed E-state index contributed by atoms with van der Waals surface area (Å²) in [6.45, 7) is 1.64. The maximum atomic E-state index is 13.0. The Bertz CT molecular complexity index is 575. The van der Waals surface area contributed by atoms with Crippen molar-refractivity contribution in [2.45, 2.75) is 37.9 Å². The first-order valence-electron chi connectivity index (χ1n) is 7.34. The molecule has 0 heterocycles. The van der Waals surface area contributed by atoms with Crippen molar-refractivity contribution in [3.05, 3.63) is 35.4 Å². The molecule has 0 saturated heterocycles. The van der Waals surface area contributed by atoms with Gasteiger partial charge in [0, 0.05) is 26.6 Å². The molecule has 8 heteroatoms. The summed E-state index contributed by atoms with van der Waals surface area (Å²) >= 11 is 0. The quantitative estimate of drug-likeness (QED) is 0.758. The number of alkyl halides is 3. The van der Waals surface area contributed by atoms with Crippen LogP contribution in [0.2, 0.25) is 0 Å². The number of hydrogen-bond donors (Lipinski definition) is 2. The summed E-state index contributed by atoms with van der Waals surface area (Å²) in [5.74, 6) is -2.55. The lowest BCUT2D eigenvalue weighted by atomic mass is 9.92. The van der Waals surface area contributed by atoms with Gasteiger partial charge in [0.15, 0.2) is 0 Å². The van der Waals surface area contributed by atoms with Gasteiger partial charge in [-0.3, -0.25) is 4.79 Å². The van der Waals surface area contributed by atoms with E-state index in [4.69, 9.17) is 9.84 Å². The lowest BCUT2D eigenvalue weighted by molar-refractivity contribution is -0.142. The standard InChI is InChI=1S/C16H20F3NO4/c1-10(11-5-3-4-6-12(11)16(17,18)19)9-14(21)20-13(15(22)23)7-8-24-2/h3-6,10,13H,7-9H2,1-2H3,(H,20,21)(H,22,23). The Morgan fingerprint density at radius 3 is 2.46 bits per heavy atom. The average molecular weight is 347 g/mol. The van der Waals surface area contributed by atoms with E-state index in [0.29, 0.717) is 0 Å². The van der Waals surface area contributed by atoms with Crippen molar-refractivity contribution in [3.8, 4) is 0 Å². The minimum absolute atomic E-state index is 0.00363. The Balaban J connectivity index is 2.79. The number of carbonyl (C=O) groups excluding carboxylic acids is 1. The van der Waals surface area contributed by atoms with E-state index in [-0.39, 0.29) is 25.0 Å². The zero-order valence-electron chi connectivity index (χ0n) is 13.4. The zero-order valence-corrected chi connectivity index (χ0v) is 13.4. The monoisotopic (exact) mass is 347 g/mol. The van der Waals surface area contributed by atoms with E-state index in [2.05, 4.69) is 5.32 Å². The number of hydrogen-bond acceptors (Lipinski definition) is 3. The summed E-state index contributed by atoms with van der Waals surface area (Å²) in [4.78, 5) is 23.0. The van der Waals surface area contributed by atoms with E-state index < -0.39 is 35.6 Å². The van der Waals surface area contributed by atoms with Crippen molar-refractivity contribution < 1.29 is 32.6 Å². The highest BCUT2D eigenvalue weighted by atomic mass is 19.4. The van der Waals surface area contributed by atoms with Crippen LogP contribution in [0.4, 0.5) is 13.2 Å². The minimum Gasteiger partial charge on any atom is -0.480 e. The Morgan fingerprint density at radius 2 is 1.92 bits per heavy atom. The highest BCUT2D eigenvalue weighted by Crippen LogP contribution is 2.35. The smallest absolute Gasteiger partial charge is 0.416 e. The van der Waals surface area contributed by atoms with E-state index in [1.165, 1.54) is 32.2 Å². The van der Waals surface area contributed by atoms with Gasteiger partial charge >= 0.3 is 12.1 Å². The van der Waals surface area contributed by atoms with E-state index in [0.717, 1.165) is 6.07 Å². The van der Waals surface area contributed by atoms with Crippen LogP contribution in [0.1, 0.15) is 36.8 Å². The third kappa shape index (κ3) is 5.84. The molecule has 2 atom stereocenters. The molecule has 0 aliphatic rings. The van der Waals surface area contributed by atoms with Crippen LogP contribution >= 0.6 is 0 Å². The fourth-order valence-electron chi connectivity index (χ4n) is 2.32. The highest BCUT2D eigenvalue weighted by molar-refractivity contribution is 5.83. The molecule has 0 fully saturated rings. The number of carboxylic acids is 1. The van der Waals surface area contributed by atoms with Gasteiger partial charge in [0.25, 0.3) is 0 Å². The fourth-order valence-corrected chi connectivity index (χ4v) is 2.32. The van der Waals surface area contributed by atoms with Crippen molar-refractivity contribution >= 4 is 11.9 Å². The first kappa shape index (κ1) is 20.0. The van der Waals surface area contributed by atoms with Crippen molar-refractivity contribution in [1.29, 1.82) is 0 Å². The number of carboxylic acid groups (broad SMARTS) is 1. The molecular formula is C16H20F3NO4. The third-order valence-corrected chi connectivity index (χ3v) is 3.53. The molecule has 1 aromatic carbocycles. The molecule has 1 aromatic rings. The van der Waals surface area contributed by atoms with Gasteiger partial charge in [-0.15, -0.1) is 0 Å². The van der Waals surface area contributed by atoms with Crippen LogP contribution in [0.3, 0.4) is 0 Å². The summed E-state index contributed by atoms with van der Waals surface area (Å²) in [7, 11) is 1.40. The second kappa shape index (κ2) is 8.68. The van der Waals surface area contributed by atoms with Gasteiger partial charge in [0.05, 0.1) is 5.56 Å².